The Bertz CT molecular complexity index is 984. The Morgan fingerprint density at radius 1 is 1.14 bits per heavy atom. The Hall–Kier alpha value is -2.30. The summed E-state index contributed by atoms with van der Waals surface area (Å²) in [7, 11) is 0. The SMILES string of the molecule is CCCC(=O)Oc1c(-c2ccccc2)c(C)nn1C(C)c1ccc(Cl)c(Cl)c1. The van der Waals surface area contributed by atoms with E-state index in [0.717, 1.165) is 28.8 Å². The minimum atomic E-state index is -0.276. The number of rotatable bonds is 6. The van der Waals surface area contributed by atoms with Crippen LogP contribution in [0, 0.1) is 6.92 Å². The van der Waals surface area contributed by atoms with Gasteiger partial charge in [-0.25, -0.2) is 4.68 Å². The maximum Gasteiger partial charge on any atom is 0.312 e. The predicted octanol–water partition coefficient (Wildman–Crippen LogP) is 6.48. The highest BCUT2D eigenvalue weighted by Gasteiger charge is 2.24. The zero-order chi connectivity index (χ0) is 20.3. The lowest BCUT2D eigenvalue weighted by Crippen LogP contribution is -2.15. The van der Waals surface area contributed by atoms with Crippen LogP contribution in [-0.4, -0.2) is 15.7 Å². The fraction of sp³-hybridized carbons (Fsp3) is 0.273. The molecule has 28 heavy (non-hydrogen) atoms. The summed E-state index contributed by atoms with van der Waals surface area (Å²) < 4.78 is 7.53. The van der Waals surface area contributed by atoms with Crippen LogP contribution in [0.5, 0.6) is 5.88 Å². The van der Waals surface area contributed by atoms with Gasteiger partial charge >= 0.3 is 5.97 Å². The predicted molar refractivity (Wildman–Crippen MR) is 113 cm³/mol. The number of carbonyl (C=O) groups excluding carboxylic acids is 1. The lowest BCUT2D eigenvalue weighted by molar-refractivity contribution is -0.134. The van der Waals surface area contributed by atoms with Crippen molar-refractivity contribution in [3.05, 3.63) is 69.8 Å². The minimum absolute atomic E-state index is 0.199. The molecule has 0 aliphatic heterocycles. The third-order valence-corrected chi connectivity index (χ3v) is 5.30. The molecule has 146 valence electrons. The third-order valence-electron chi connectivity index (χ3n) is 4.56. The lowest BCUT2D eigenvalue weighted by atomic mass is 10.1. The molecule has 3 rings (SSSR count). The number of benzene rings is 2. The summed E-state index contributed by atoms with van der Waals surface area (Å²) in [5.41, 5.74) is 3.48. The first kappa shape index (κ1) is 20.4. The average Bonchev–Trinajstić information content (AvgIpc) is 3.00. The van der Waals surface area contributed by atoms with Gasteiger partial charge in [-0.15, -0.1) is 0 Å². The van der Waals surface area contributed by atoms with E-state index in [2.05, 4.69) is 0 Å². The molecule has 3 aromatic rings. The van der Waals surface area contributed by atoms with Crippen LogP contribution in [0.4, 0.5) is 0 Å². The second-order valence-electron chi connectivity index (χ2n) is 6.65. The van der Waals surface area contributed by atoms with E-state index in [1.54, 1.807) is 10.7 Å². The van der Waals surface area contributed by atoms with Gasteiger partial charge in [-0.3, -0.25) is 4.79 Å². The zero-order valence-corrected chi connectivity index (χ0v) is 17.6. The van der Waals surface area contributed by atoms with Crippen molar-refractivity contribution in [1.29, 1.82) is 0 Å². The van der Waals surface area contributed by atoms with Crippen molar-refractivity contribution in [3.63, 3.8) is 0 Å². The molecular weight excluding hydrogens is 395 g/mol. The molecule has 2 aromatic carbocycles. The number of halogens is 2. The Balaban J connectivity index is 2.11. The van der Waals surface area contributed by atoms with Crippen LogP contribution in [0.15, 0.2) is 48.5 Å². The summed E-state index contributed by atoms with van der Waals surface area (Å²) in [6.07, 6.45) is 1.06. The zero-order valence-electron chi connectivity index (χ0n) is 16.1. The average molecular weight is 417 g/mol. The molecule has 0 radical (unpaired) electrons. The van der Waals surface area contributed by atoms with Crippen molar-refractivity contribution >= 4 is 29.2 Å². The van der Waals surface area contributed by atoms with Crippen LogP contribution in [0.2, 0.25) is 10.0 Å². The number of hydrogen-bond donors (Lipinski definition) is 0. The Labute approximate surface area is 175 Å². The van der Waals surface area contributed by atoms with Crippen molar-refractivity contribution in [1.82, 2.24) is 9.78 Å². The van der Waals surface area contributed by atoms with Gasteiger partial charge in [-0.05, 0) is 43.5 Å². The number of hydrogen-bond acceptors (Lipinski definition) is 3. The van der Waals surface area contributed by atoms with Crippen molar-refractivity contribution < 1.29 is 9.53 Å². The largest absolute Gasteiger partial charge is 0.407 e. The molecule has 0 bridgehead atoms. The van der Waals surface area contributed by atoms with Crippen molar-refractivity contribution in [2.45, 2.75) is 39.7 Å². The molecular formula is C22H22Cl2N2O2. The van der Waals surface area contributed by atoms with Gasteiger partial charge in [-0.2, -0.15) is 5.10 Å². The second-order valence-corrected chi connectivity index (χ2v) is 7.46. The van der Waals surface area contributed by atoms with Crippen molar-refractivity contribution in [2.75, 3.05) is 0 Å². The summed E-state index contributed by atoms with van der Waals surface area (Å²) in [5.74, 6) is 0.169. The van der Waals surface area contributed by atoms with E-state index in [1.807, 2.05) is 63.2 Å². The smallest absolute Gasteiger partial charge is 0.312 e. The monoisotopic (exact) mass is 416 g/mol. The van der Waals surface area contributed by atoms with Crippen molar-refractivity contribution in [3.8, 4) is 17.0 Å². The number of carbonyl (C=O) groups is 1. The number of aryl methyl sites for hydroxylation is 1. The van der Waals surface area contributed by atoms with Crippen LogP contribution in [0.3, 0.4) is 0 Å². The highest BCUT2D eigenvalue weighted by Crippen LogP contribution is 2.37. The van der Waals surface area contributed by atoms with E-state index >= 15 is 0 Å². The highest BCUT2D eigenvalue weighted by molar-refractivity contribution is 6.42. The van der Waals surface area contributed by atoms with E-state index in [4.69, 9.17) is 33.0 Å². The molecule has 1 heterocycles. The molecule has 0 aliphatic carbocycles. The second kappa shape index (κ2) is 8.80. The molecule has 1 unspecified atom stereocenters. The Morgan fingerprint density at radius 3 is 2.50 bits per heavy atom. The van der Waals surface area contributed by atoms with Crippen molar-refractivity contribution in [2.24, 2.45) is 0 Å². The summed E-state index contributed by atoms with van der Waals surface area (Å²) in [6.45, 7) is 5.84. The number of aromatic nitrogens is 2. The van der Waals surface area contributed by atoms with Crippen LogP contribution in [0.25, 0.3) is 11.1 Å². The van der Waals surface area contributed by atoms with Gasteiger partial charge in [-0.1, -0.05) is 66.5 Å². The van der Waals surface area contributed by atoms with E-state index in [9.17, 15) is 4.79 Å². The van der Waals surface area contributed by atoms with Crippen LogP contribution in [-0.2, 0) is 4.79 Å². The quantitative estimate of drug-likeness (QED) is 0.431. The molecule has 0 amide bonds. The molecule has 0 spiro atoms. The fourth-order valence-corrected chi connectivity index (χ4v) is 3.41. The number of nitrogens with zero attached hydrogens (tertiary/aromatic N) is 2. The van der Waals surface area contributed by atoms with Gasteiger partial charge in [0.15, 0.2) is 0 Å². The summed E-state index contributed by atoms with van der Waals surface area (Å²) >= 11 is 12.2. The Morgan fingerprint density at radius 2 is 1.86 bits per heavy atom. The molecule has 4 nitrogen and oxygen atoms in total. The first-order valence-corrected chi connectivity index (χ1v) is 9.98. The maximum atomic E-state index is 12.3. The summed E-state index contributed by atoms with van der Waals surface area (Å²) in [4.78, 5) is 12.3. The third kappa shape index (κ3) is 4.23. The van der Waals surface area contributed by atoms with Gasteiger partial charge in [0, 0.05) is 6.42 Å². The van der Waals surface area contributed by atoms with E-state index in [-0.39, 0.29) is 12.0 Å². The summed E-state index contributed by atoms with van der Waals surface area (Å²) in [6, 6.07) is 15.1. The fourth-order valence-electron chi connectivity index (χ4n) is 3.10. The lowest BCUT2D eigenvalue weighted by Gasteiger charge is -2.17. The van der Waals surface area contributed by atoms with Crippen LogP contribution < -0.4 is 4.74 Å². The first-order valence-electron chi connectivity index (χ1n) is 9.22. The van der Waals surface area contributed by atoms with Crippen LogP contribution >= 0.6 is 23.2 Å². The van der Waals surface area contributed by atoms with Gasteiger partial charge in [0.25, 0.3) is 0 Å². The molecule has 0 N–H and O–H groups in total. The number of ether oxygens (including phenoxy) is 1. The molecule has 0 aliphatic rings. The molecule has 6 heteroatoms. The van der Waals surface area contributed by atoms with Gasteiger partial charge in [0.1, 0.15) is 0 Å². The molecule has 0 saturated heterocycles. The van der Waals surface area contributed by atoms with Gasteiger partial charge in [0.2, 0.25) is 5.88 Å². The normalized spacial score (nSPS) is 12.0. The van der Waals surface area contributed by atoms with Gasteiger partial charge in [0.05, 0.1) is 27.3 Å². The molecule has 1 aromatic heterocycles. The Kier molecular flexibility index (Phi) is 6.42. The number of esters is 1. The van der Waals surface area contributed by atoms with E-state index in [0.29, 0.717) is 22.3 Å². The first-order chi connectivity index (χ1) is 13.4. The molecule has 0 fully saturated rings. The van der Waals surface area contributed by atoms with Crippen LogP contribution in [0.1, 0.15) is 44.0 Å². The topological polar surface area (TPSA) is 44.1 Å². The minimum Gasteiger partial charge on any atom is -0.407 e. The highest BCUT2D eigenvalue weighted by atomic mass is 35.5. The summed E-state index contributed by atoms with van der Waals surface area (Å²) in [5, 5.41) is 5.66. The maximum absolute atomic E-state index is 12.3. The van der Waals surface area contributed by atoms with E-state index in [1.165, 1.54) is 0 Å². The standard InChI is InChI=1S/C22H22Cl2N2O2/c1-4-8-20(27)28-22-21(16-9-6-5-7-10-16)14(2)25-26(22)15(3)17-11-12-18(23)19(24)13-17/h5-7,9-13,15H,4,8H2,1-3H3. The van der Waals surface area contributed by atoms with Gasteiger partial charge < -0.3 is 4.74 Å². The van der Waals surface area contributed by atoms with E-state index < -0.39 is 0 Å². The molecule has 1 atom stereocenters. The molecule has 0 saturated carbocycles.